The molecule has 1 amide bonds. The largest absolute Gasteiger partial charge is 0.329 e. The molecule has 8 heteroatoms. The number of anilines is 1. The summed E-state index contributed by atoms with van der Waals surface area (Å²) in [5, 5.41) is 3.48. The fourth-order valence-corrected chi connectivity index (χ4v) is 4.13. The molecule has 0 saturated carbocycles. The fraction of sp³-hybridized carbons (Fsp3) is 0.158. The molecule has 0 aliphatic heterocycles. The van der Waals surface area contributed by atoms with Gasteiger partial charge in [-0.2, -0.15) is 0 Å². The molecule has 136 valence electrons. The van der Waals surface area contributed by atoms with E-state index in [2.05, 4.69) is 15.3 Å². The molecule has 2 aromatic heterocycles. The number of fused-ring (bicyclic) bond motifs is 2. The number of carbonyl (C=O) groups is 1. The number of benzene rings is 2. The van der Waals surface area contributed by atoms with Crippen molar-refractivity contribution in [3.8, 4) is 0 Å². The molecule has 27 heavy (non-hydrogen) atoms. The van der Waals surface area contributed by atoms with Crippen molar-refractivity contribution in [1.82, 2.24) is 14.5 Å². The van der Waals surface area contributed by atoms with Crippen molar-refractivity contribution in [1.29, 1.82) is 0 Å². The zero-order valence-corrected chi connectivity index (χ0v) is 15.5. The molecule has 0 radical (unpaired) electrons. The predicted octanol–water partition coefficient (Wildman–Crippen LogP) is 2.56. The van der Waals surface area contributed by atoms with Gasteiger partial charge >= 0.3 is 5.69 Å². The molecule has 0 fully saturated rings. The maximum atomic E-state index is 12.5. The molecule has 7 nitrogen and oxygen atoms in total. The van der Waals surface area contributed by atoms with E-state index < -0.39 is 17.2 Å². The van der Waals surface area contributed by atoms with Crippen LogP contribution < -0.4 is 16.6 Å². The molecule has 2 heterocycles. The molecule has 0 aliphatic rings. The third-order valence-electron chi connectivity index (χ3n) is 4.27. The Balaban J connectivity index is 1.64. The van der Waals surface area contributed by atoms with Gasteiger partial charge in [-0.3, -0.25) is 14.2 Å². The summed E-state index contributed by atoms with van der Waals surface area (Å²) in [6.45, 7) is 3.59. The van der Waals surface area contributed by atoms with E-state index in [1.165, 1.54) is 11.3 Å². The van der Waals surface area contributed by atoms with Gasteiger partial charge in [0.1, 0.15) is 6.54 Å². The number of amides is 1. The molecule has 0 aliphatic carbocycles. The molecule has 0 bridgehead atoms. The van der Waals surface area contributed by atoms with Crippen LogP contribution in [-0.4, -0.2) is 20.4 Å². The Labute approximate surface area is 157 Å². The van der Waals surface area contributed by atoms with Crippen LogP contribution in [-0.2, 0) is 11.3 Å². The maximum absolute atomic E-state index is 12.5. The van der Waals surface area contributed by atoms with Crippen LogP contribution in [0.3, 0.4) is 0 Å². The average molecular weight is 380 g/mol. The summed E-state index contributed by atoms with van der Waals surface area (Å²) >= 11 is 1.36. The van der Waals surface area contributed by atoms with E-state index in [1.807, 2.05) is 26.0 Å². The highest BCUT2D eigenvalue weighted by molar-refractivity contribution is 7.22. The Hall–Kier alpha value is -3.26. The first-order valence-electron chi connectivity index (χ1n) is 8.32. The number of hydrogen-bond acceptors (Lipinski definition) is 5. The van der Waals surface area contributed by atoms with Crippen LogP contribution in [0.1, 0.15) is 11.1 Å². The van der Waals surface area contributed by atoms with Gasteiger partial charge in [-0.05, 0) is 43.2 Å². The minimum atomic E-state index is -0.621. The highest BCUT2D eigenvalue weighted by Gasteiger charge is 2.14. The van der Waals surface area contributed by atoms with Gasteiger partial charge in [0.05, 0.1) is 21.1 Å². The van der Waals surface area contributed by atoms with Crippen molar-refractivity contribution < 1.29 is 4.79 Å². The average Bonchev–Trinajstić information content (AvgIpc) is 3.01. The lowest BCUT2D eigenvalue weighted by atomic mass is 10.1. The molecule has 4 rings (SSSR count). The molecule has 4 aromatic rings. The monoisotopic (exact) mass is 380 g/mol. The van der Waals surface area contributed by atoms with Crippen LogP contribution in [0.2, 0.25) is 0 Å². The lowest BCUT2D eigenvalue weighted by Crippen LogP contribution is -2.38. The molecule has 0 atom stereocenters. The first-order valence-corrected chi connectivity index (χ1v) is 9.13. The molecule has 2 aromatic carbocycles. The summed E-state index contributed by atoms with van der Waals surface area (Å²) in [5.41, 5.74) is 2.31. The second kappa shape index (κ2) is 6.48. The van der Waals surface area contributed by atoms with Gasteiger partial charge in [-0.25, -0.2) is 9.78 Å². The number of nitrogens with one attached hydrogen (secondary N) is 2. The molecule has 0 unspecified atom stereocenters. The molecule has 0 spiro atoms. The number of hydrogen-bond donors (Lipinski definition) is 2. The van der Waals surface area contributed by atoms with Gasteiger partial charge in [0, 0.05) is 0 Å². The van der Waals surface area contributed by atoms with Gasteiger partial charge in [0.25, 0.3) is 5.56 Å². The van der Waals surface area contributed by atoms with E-state index in [-0.39, 0.29) is 6.54 Å². The van der Waals surface area contributed by atoms with Crippen LogP contribution in [0.5, 0.6) is 0 Å². The number of H-pyrrole nitrogens is 1. The highest BCUT2D eigenvalue weighted by Crippen LogP contribution is 2.29. The van der Waals surface area contributed by atoms with Crippen molar-refractivity contribution in [2.24, 2.45) is 0 Å². The van der Waals surface area contributed by atoms with E-state index in [0.717, 1.165) is 25.9 Å². The van der Waals surface area contributed by atoms with Gasteiger partial charge in [-0.1, -0.05) is 29.5 Å². The number of aromatic nitrogens is 3. The first kappa shape index (κ1) is 17.2. The number of thiazole rings is 1. The summed E-state index contributed by atoms with van der Waals surface area (Å²) in [5.74, 6) is -0.480. The number of nitrogens with zero attached hydrogens (tertiary/aromatic N) is 2. The minimum absolute atomic E-state index is 0.357. The lowest BCUT2D eigenvalue weighted by molar-refractivity contribution is -0.116. The maximum Gasteiger partial charge on any atom is 0.329 e. The van der Waals surface area contributed by atoms with Gasteiger partial charge < -0.3 is 10.3 Å². The Morgan fingerprint density at radius 3 is 2.81 bits per heavy atom. The topological polar surface area (TPSA) is 96.8 Å². The second-order valence-electron chi connectivity index (χ2n) is 6.36. The van der Waals surface area contributed by atoms with Crippen LogP contribution in [0, 0.1) is 13.8 Å². The van der Waals surface area contributed by atoms with Gasteiger partial charge in [0.15, 0.2) is 5.13 Å². The standard InChI is InChI=1S/C19H16N4O3S/c1-10-7-11(2)16-14(8-10)27-18(22-16)21-15(24)9-23-17(25)12-5-3-4-6-13(12)20-19(23)26/h3-8H,9H2,1-2H3,(H,20,26)(H,21,22,24). The number of aryl methyl sites for hydroxylation is 2. The van der Waals surface area contributed by atoms with Crippen molar-refractivity contribution in [2.45, 2.75) is 20.4 Å². The van der Waals surface area contributed by atoms with Crippen molar-refractivity contribution in [2.75, 3.05) is 5.32 Å². The fourth-order valence-electron chi connectivity index (χ4n) is 3.07. The normalized spacial score (nSPS) is 11.2. The molecular weight excluding hydrogens is 364 g/mol. The number of carbonyl (C=O) groups excluding carboxylic acids is 1. The van der Waals surface area contributed by atoms with E-state index in [4.69, 9.17) is 0 Å². The SMILES string of the molecule is Cc1cc(C)c2nc(NC(=O)Cn3c(=O)[nH]c4ccccc4c3=O)sc2c1. The van der Waals surface area contributed by atoms with E-state index in [1.54, 1.807) is 24.3 Å². The van der Waals surface area contributed by atoms with Gasteiger partial charge in [0.2, 0.25) is 5.91 Å². The summed E-state index contributed by atoms with van der Waals surface area (Å²) in [7, 11) is 0. The Morgan fingerprint density at radius 2 is 2.00 bits per heavy atom. The smallest absolute Gasteiger partial charge is 0.307 e. The zero-order valence-electron chi connectivity index (χ0n) is 14.7. The third-order valence-corrected chi connectivity index (χ3v) is 5.19. The van der Waals surface area contributed by atoms with Crippen molar-refractivity contribution in [3.05, 3.63) is 68.4 Å². The number of rotatable bonds is 3. The van der Waals surface area contributed by atoms with Crippen LogP contribution >= 0.6 is 11.3 Å². The second-order valence-corrected chi connectivity index (χ2v) is 7.39. The molecule has 2 N–H and O–H groups in total. The van der Waals surface area contributed by atoms with E-state index in [0.29, 0.717) is 16.0 Å². The number of aromatic amines is 1. The van der Waals surface area contributed by atoms with E-state index >= 15 is 0 Å². The number of para-hydroxylation sites is 1. The van der Waals surface area contributed by atoms with E-state index in [9.17, 15) is 14.4 Å². The quantitative estimate of drug-likeness (QED) is 0.571. The third kappa shape index (κ3) is 3.15. The van der Waals surface area contributed by atoms with Crippen molar-refractivity contribution in [3.63, 3.8) is 0 Å². The lowest BCUT2D eigenvalue weighted by Gasteiger charge is -2.06. The summed E-state index contributed by atoms with van der Waals surface area (Å²) in [6, 6.07) is 10.7. The first-order chi connectivity index (χ1) is 12.9. The molecular formula is C19H16N4O3S. The predicted molar refractivity (Wildman–Crippen MR) is 107 cm³/mol. The minimum Gasteiger partial charge on any atom is -0.307 e. The summed E-state index contributed by atoms with van der Waals surface area (Å²) in [4.78, 5) is 44.1. The van der Waals surface area contributed by atoms with Crippen LogP contribution in [0.25, 0.3) is 21.1 Å². The zero-order chi connectivity index (χ0) is 19.1. The summed E-state index contributed by atoms with van der Waals surface area (Å²) in [6.07, 6.45) is 0. The Kier molecular flexibility index (Phi) is 4.12. The highest BCUT2D eigenvalue weighted by atomic mass is 32.1. The van der Waals surface area contributed by atoms with Gasteiger partial charge in [-0.15, -0.1) is 0 Å². The van der Waals surface area contributed by atoms with Crippen LogP contribution in [0.4, 0.5) is 5.13 Å². The summed E-state index contributed by atoms with van der Waals surface area (Å²) < 4.78 is 1.86. The van der Waals surface area contributed by atoms with Crippen molar-refractivity contribution >= 4 is 43.5 Å². The molecule has 0 saturated heterocycles. The Bertz CT molecular complexity index is 1320. The Morgan fingerprint density at radius 1 is 1.22 bits per heavy atom. The van der Waals surface area contributed by atoms with Crippen LogP contribution in [0.15, 0.2) is 46.0 Å².